The first kappa shape index (κ1) is 28.4. The van der Waals surface area contributed by atoms with E-state index in [-0.39, 0.29) is 23.7 Å². The van der Waals surface area contributed by atoms with Gasteiger partial charge < -0.3 is 10.1 Å². The summed E-state index contributed by atoms with van der Waals surface area (Å²) < 4.78 is 95.0. The molecule has 0 bridgehead atoms. The van der Waals surface area contributed by atoms with Crippen molar-refractivity contribution in [3.63, 3.8) is 0 Å². The lowest BCUT2D eigenvalue weighted by Crippen LogP contribution is -2.48. The molecule has 0 aromatic heterocycles. The van der Waals surface area contributed by atoms with Crippen molar-refractivity contribution in [1.29, 1.82) is 0 Å². The van der Waals surface area contributed by atoms with Crippen molar-refractivity contribution < 1.29 is 39.5 Å². The van der Waals surface area contributed by atoms with Crippen molar-refractivity contribution in [2.75, 3.05) is 37.8 Å². The van der Waals surface area contributed by atoms with E-state index in [1.165, 1.54) is 51.4 Å². The number of amides is 1. The summed E-state index contributed by atoms with van der Waals surface area (Å²) in [7, 11) is -4.88. The third-order valence-corrected chi connectivity index (χ3v) is 7.86. The number of carbonyl (C=O) groups excluding carboxylic acids is 1. The minimum atomic E-state index is -4.68. The van der Waals surface area contributed by atoms with E-state index in [1.807, 2.05) is 0 Å². The summed E-state index contributed by atoms with van der Waals surface area (Å²) in [6.07, 6.45) is -3.89. The van der Waals surface area contributed by atoms with E-state index in [4.69, 9.17) is 4.74 Å². The molecular formula is C21H26F3N3O6S2. The number of nitrogens with zero attached hydrogens (tertiary/aromatic N) is 2. The first-order valence-corrected chi connectivity index (χ1v) is 13.4. The molecule has 2 rings (SSSR count). The van der Waals surface area contributed by atoms with Gasteiger partial charge in [0.2, 0.25) is 26.0 Å². The molecule has 194 valence electrons. The number of carbonyl (C=O) groups is 1. The predicted octanol–water partition coefficient (Wildman–Crippen LogP) is 2.31. The highest BCUT2D eigenvalue weighted by molar-refractivity contribution is 7.92. The molecule has 0 unspecified atom stereocenters. The highest BCUT2D eigenvalue weighted by Gasteiger charge is 2.34. The molecule has 0 radical (unpaired) electrons. The number of halogens is 3. The molecule has 0 fully saturated rings. The third-order valence-electron chi connectivity index (χ3n) is 4.79. The Hall–Kier alpha value is -2.84. The van der Waals surface area contributed by atoms with Crippen molar-refractivity contribution >= 4 is 31.6 Å². The van der Waals surface area contributed by atoms with Gasteiger partial charge in [0.05, 0.1) is 28.9 Å². The Bertz CT molecular complexity index is 1250. The third kappa shape index (κ3) is 7.32. The summed E-state index contributed by atoms with van der Waals surface area (Å²) in [5.41, 5.74) is -1.34. The van der Waals surface area contributed by atoms with Crippen LogP contribution in [0.2, 0.25) is 0 Å². The van der Waals surface area contributed by atoms with Gasteiger partial charge in [0, 0.05) is 14.1 Å². The molecule has 0 spiro atoms. The molecule has 0 aliphatic heterocycles. The van der Waals surface area contributed by atoms with Gasteiger partial charge in [0.25, 0.3) is 0 Å². The SMILES string of the molecule is C[C@@H](C(=O)NCCOc1ccc(S(=O)(=O)N(C)C)cc1)N(c1cccc(C(F)(F)F)c1)S(C)(=O)=O. The minimum Gasteiger partial charge on any atom is -0.492 e. The molecule has 1 N–H and O–H groups in total. The molecule has 14 heteroatoms. The first-order chi connectivity index (χ1) is 16.0. The van der Waals surface area contributed by atoms with Crippen LogP contribution in [0.25, 0.3) is 0 Å². The molecule has 0 heterocycles. The molecule has 1 amide bonds. The van der Waals surface area contributed by atoms with Crippen molar-refractivity contribution in [1.82, 2.24) is 9.62 Å². The number of hydrogen-bond acceptors (Lipinski definition) is 6. The quantitative estimate of drug-likeness (QED) is 0.466. The van der Waals surface area contributed by atoms with Crippen molar-refractivity contribution in [2.24, 2.45) is 0 Å². The van der Waals surface area contributed by atoms with Gasteiger partial charge in [0.15, 0.2) is 0 Å². The molecule has 0 saturated heterocycles. The molecule has 35 heavy (non-hydrogen) atoms. The van der Waals surface area contributed by atoms with Crippen LogP contribution in [0.4, 0.5) is 18.9 Å². The minimum absolute atomic E-state index is 0.0271. The molecular weight excluding hydrogens is 511 g/mol. The van der Waals surface area contributed by atoms with E-state index in [0.717, 1.165) is 22.7 Å². The fourth-order valence-corrected chi connectivity index (χ4v) is 5.11. The zero-order valence-electron chi connectivity index (χ0n) is 19.4. The summed E-state index contributed by atoms with van der Waals surface area (Å²) in [4.78, 5) is 12.6. The van der Waals surface area contributed by atoms with E-state index in [2.05, 4.69) is 5.32 Å². The van der Waals surface area contributed by atoms with Gasteiger partial charge in [-0.25, -0.2) is 21.1 Å². The number of ether oxygens (including phenoxy) is 1. The van der Waals surface area contributed by atoms with Gasteiger partial charge in [-0.1, -0.05) is 6.07 Å². The van der Waals surface area contributed by atoms with E-state index in [9.17, 15) is 34.8 Å². The van der Waals surface area contributed by atoms with Crippen molar-refractivity contribution in [3.05, 3.63) is 54.1 Å². The number of sulfonamides is 2. The predicted molar refractivity (Wildman–Crippen MR) is 124 cm³/mol. The number of anilines is 1. The standard InChI is InChI=1S/C21H26F3N3O6S2/c1-15(27(34(4,29)30)17-7-5-6-16(14-17)21(22,23)24)20(28)25-12-13-33-18-8-10-19(11-9-18)35(31,32)26(2)3/h5-11,14-15H,12-13H2,1-4H3,(H,25,28)/t15-/m0/s1. The summed E-state index contributed by atoms with van der Waals surface area (Å²) in [6, 6.07) is 7.97. The van der Waals surface area contributed by atoms with Crippen LogP contribution in [0.1, 0.15) is 12.5 Å². The fourth-order valence-electron chi connectivity index (χ4n) is 3.04. The van der Waals surface area contributed by atoms with Crippen LogP contribution in [-0.4, -0.2) is 66.6 Å². The van der Waals surface area contributed by atoms with Crippen LogP contribution in [0.15, 0.2) is 53.4 Å². The van der Waals surface area contributed by atoms with Crippen LogP contribution >= 0.6 is 0 Å². The van der Waals surface area contributed by atoms with Gasteiger partial charge in [-0.05, 0) is 49.4 Å². The summed E-state index contributed by atoms with van der Waals surface area (Å²) >= 11 is 0. The topological polar surface area (TPSA) is 113 Å². The summed E-state index contributed by atoms with van der Waals surface area (Å²) in [5, 5.41) is 2.48. The highest BCUT2D eigenvalue weighted by Crippen LogP contribution is 2.32. The van der Waals surface area contributed by atoms with Gasteiger partial charge in [-0.15, -0.1) is 0 Å². The van der Waals surface area contributed by atoms with Gasteiger partial charge in [0.1, 0.15) is 18.4 Å². The second-order valence-electron chi connectivity index (χ2n) is 7.68. The molecule has 2 aromatic carbocycles. The van der Waals surface area contributed by atoms with E-state index < -0.39 is 43.7 Å². The maximum atomic E-state index is 13.1. The van der Waals surface area contributed by atoms with Crippen molar-refractivity contribution in [3.8, 4) is 5.75 Å². The molecule has 2 aromatic rings. The normalized spacial score (nSPS) is 13.4. The Labute approximate surface area is 202 Å². The number of hydrogen-bond donors (Lipinski definition) is 1. The lowest BCUT2D eigenvalue weighted by molar-refractivity contribution is -0.137. The van der Waals surface area contributed by atoms with Gasteiger partial charge in [-0.3, -0.25) is 9.10 Å². The fraction of sp³-hybridized carbons (Fsp3) is 0.381. The largest absolute Gasteiger partial charge is 0.492 e. The van der Waals surface area contributed by atoms with Crippen LogP contribution < -0.4 is 14.4 Å². The second kappa shape index (κ2) is 10.8. The molecule has 0 aliphatic rings. The first-order valence-electron chi connectivity index (χ1n) is 10.1. The number of benzene rings is 2. The number of alkyl halides is 3. The molecule has 1 atom stereocenters. The average Bonchev–Trinajstić information content (AvgIpc) is 2.75. The van der Waals surface area contributed by atoms with Crippen molar-refractivity contribution in [2.45, 2.75) is 24.0 Å². The zero-order valence-corrected chi connectivity index (χ0v) is 21.0. The maximum absolute atomic E-state index is 13.1. The van der Waals surface area contributed by atoms with Crippen LogP contribution in [0, 0.1) is 0 Å². The summed E-state index contributed by atoms with van der Waals surface area (Å²) in [6.45, 7) is 1.18. The molecule has 0 saturated carbocycles. The monoisotopic (exact) mass is 537 g/mol. The lowest BCUT2D eigenvalue weighted by atomic mass is 10.2. The zero-order chi connectivity index (χ0) is 26.6. The van der Waals surface area contributed by atoms with E-state index in [1.54, 1.807) is 0 Å². The Kier molecular flexibility index (Phi) is 8.79. The van der Waals surface area contributed by atoms with Gasteiger partial charge >= 0.3 is 6.18 Å². The van der Waals surface area contributed by atoms with Crippen LogP contribution in [-0.2, 0) is 31.0 Å². The van der Waals surface area contributed by atoms with Crippen LogP contribution in [0.5, 0.6) is 5.75 Å². The number of nitrogens with one attached hydrogen (secondary N) is 1. The Morgan fingerprint density at radius 2 is 1.66 bits per heavy atom. The van der Waals surface area contributed by atoms with E-state index in [0.29, 0.717) is 16.1 Å². The molecule has 0 aliphatic carbocycles. The molecule has 9 nitrogen and oxygen atoms in total. The highest BCUT2D eigenvalue weighted by atomic mass is 32.2. The Morgan fingerprint density at radius 3 is 2.17 bits per heavy atom. The number of rotatable bonds is 10. The van der Waals surface area contributed by atoms with Gasteiger partial charge in [-0.2, -0.15) is 13.2 Å². The van der Waals surface area contributed by atoms with Crippen LogP contribution in [0.3, 0.4) is 0 Å². The summed E-state index contributed by atoms with van der Waals surface area (Å²) in [5.74, 6) is -0.407. The van der Waals surface area contributed by atoms with E-state index >= 15 is 0 Å². The maximum Gasteiger partial charge on any atom is 0.416 e. The Morgan fingerprint density at radius 1 is 1.06 bits per heavy atom. The Balaban J connectivity index is 2.03. The average molecular weight is 538 g/mol. The lowest BCUT2D eigenvalue weighted by Gasteiger charge is -2.28. The second-order valence-corrected chi connectivity index (χ2v) is 11.7. The smallest absolute Gasteiger partial charge is 0.416 e.